The number of carbonyl (C=O) groups excluding carboxylic acids is 1. The van der Waals surface area contributed by atoms with Gasteiger partial charge in [0, 0.05) is 31.0 Å². The Bertz CT molecular complexity index is 953. The molecule has 9 nitrogen and oxygen atoms in total. The molecule has 0 radical (unpaired) electrons. The molecule has 9 heteroatoms. The predicted molar refractivity (Wildman–Crippen MR) is 93.5 cm³/mol. The van der Waals surface area contributed by atoms with Crippen LogP contribution in [0.5, 0.6) is 11.5 Å². The summed E-state index contributed by atoms with van der Waals surface area (Å²) in [5.41, 5.74) is 0.537. The molecule has 138 valence electrons. The first-order valence-electron chi connectivity index (χ1n) is 8.32. The van der Waals surface area contributed by atoms with Gasteiger partial charge in [0.05, 0.1) is 20.1 Å². The lowest BCUT2D eigenvalue weighted by atomic mass is 9.98. The molecule has 1 fully saturated rings. The maximum Gasteiger partial charge on any atom is 0.254 e. The molecule has 2 aromatic heterocycles. The number of likely N-dealkylation sites (tertiary alicyclic amines) is 1. The number of amides is 1. The van der Waals surface area contributed by atoms with E-state index in [-0.39, 0.29) is 11.8 Å². The summed E-state index contributed by atoms with van der Waals surface area (Å²) in [4.78, 5) is 26.9. The Balaban J connectivity index is 1.42. The van der Waals surface area contributed by atoms with Crippen molar-refractivity contribution in [3.05, 3.63) is 48.1 Å². The van der Waals surface area contributed by atoms with Crippen LogP contribution >= 0.6 is 0 Å². The third-order valence-electron chi connectivity index (χ3n) is 4.36. The summed E-state index contributed by atoms with van der Waals surface area (Å²) in [5.74, 6) is 2.24. The maximum atomic E-state index is 12.6. The molecule has 0 spiro atoms. The average Bonchev–Trinajstić information content (AvgIpc) is 3.16. The van der Waals surface area contributed by atoms with Gasteiger partial charge in [-0.15, -0.1) is 0 Å². The molecule has 3 aromatic rings. The van der Waals surface area contributed by atoms with Crippen molar-refractivity contribution in [3.63, 3.8) is 0 Å². The molecule has 0 N–H and O–H groups in total. The van der Waals surface area contributed by atoms with Crippen LogP contribution in [0.25, 0.3) is 11.6 Å². The third-order valence-corrected chi connectivity index (χ3v) is 4.36. The Morgan fingerprint density at radius 2 is 1.85 bits per heavy atom. The van der Waals surface area contributed by atoms with Crippen LogP contribution in [0.4, 0.5) is 0 Å². The Hall–Kier alpha value is -3.49. The van der Waals surface area contributed by atoms with Gasteiger partial charge in [0.2, 0.25) is 17.5 Å². The van der Waals surface area contributed by atoms with Crippen molar-refractivity contribution >= 4 is 5.91 Å². The van der Waals surface area contributed by atoms with E-state index in [1.165, 1.54) is 7.11 Å². The second-order valence-corrected chi connectivity index (χ2v) is 6.01. The van der Waals surface area contributed by atoms with Crippen molar-refractivity contribution in [1.29, 1.82) is 0 Å². The Morgan fingerprint density at radius 1 is 1.11 bits per heavy atom. The van der Waals surface area contributed by atoms with E-state index in [4.69, 9.17) is 14.0 Å². The molecule has 27 heavy (non-hydrogen) atoms. The quantitative estimate of drug-likeness (QED) is 0.672. The fourth-order valence-electron chi connectivity index (χ4n) is 2.86. The first kappa shape index (κ1) is 17.0. The van der Waals surface area contributed by atoms with Crippen molar-refractivity contribution in [2.24, 2.45) is 0 Å². The number of aromatic nitrogens is 4. The van der Waals surface area contributed by atoms with Gasteiger partial charge in [0.25, 0.3) is 5.91 Å². The smallest absolute Gasteiger partial charge is 0.254 e. The zero-order chi connectivity index (χ0) is 18.8. The highest BCUT2D eigenvalue weighted by Crippen LogP contribution is 2.31. The van der Waals surface area contributed by atoms with E-state index >= 15 is 0 Å². The van der Waals surface area contributed by atoms with E-state index in [1.807, 2.05) is 0 Å². The van der Waals surface area contributed by atoms with Gasteiger partial charge in [-0.2, -0.15) is 4.98 Å². The van der Waals surface area contributed by atoms with Crippen LogP contribution in [-0.4, -0.2) is 58.2 Å². The van der Waals surface area contributed by atoms with E-state index in [9.17, 15) is 4.79 Å². The molecule has 0 saturated carbocycles. The Kier molecular flexibility index (Phi) is 4.41. The minimum absolute atomic E-state index is 0.000874. The lowest BCUT2D eigenvalue weighted by molar-refractivity contribution is 0.0569. The van der Waals surface area contributed by atoms with E-state index in [0.717, 1.165) is 0 Å². The first-order chi connectivity index (χ1) is 13.2. The zero-order valence-electron chi connectivity index (χ0n) is 14.8. The van der Waals surface area contributed by atoms with Crippen molar-refractivity contribution in [2.75, 3.05) is 27.3 Å². The summed E-state index contributed by atoms with van der Waals surface area (Å²) >= 11 is 0. The highest BCUT2D eigenvalue weighted by Gasteiger charge is 2.36. The van der Waals surface area contributed by atoms with Crippen molar-refractivity contribution < 1.29 is 18.8 Å². The van der Waals surface area contributed by atoms with Gasteiger partial charge < -0.3 is 18.9 Å². The van der Waals surface area contributed by atoms with Crippen molar-refractivity contribution in [2.45, 2.75) is 5.92 Å². The number of nitrogens with zero attached hydrogens (tertiary/aromatic N) is 5. The normalized spacial score (nSPS) is 13.9. The van der Waals surface area contributed by atoms with Gasteiger partial charge in [-0.25, -0.2) is 9.97 Å². The first-order valence-corrected chi connectivity index (χ1v) is 8.32. The molecular formula is C18H17N5O4. The molecule has 1 saturated heterocycles. The number of methoxy groups -OCH3 is 2. The van der Waals surface area contributed by atoms with Crippen LogP contribution in [0.2, 0.25) is 0 Å². The highest BCUT2D eigenvalue weighted by atomic mass is 16.5. The molecule has 1 aromatic carbocycles. The Morgan fingerprint density at radius 3 is 2.56 bits per heavy atom. The fraction of sp³-hybridized carbons (Fsp3) is 0.278. The number of hydrogen-bond donors (Lipinski definition) is 0. The van der Waals surface area contributed by atoms with Crippen LogP contribution in [0.15, 0.2) is 41.2 Å². The number of rotatable bonds is 5. The van der Waals surface area contributed by atoms with Gasteiger partial charge in [-0.1, -0.05) is 5.16 Å². The zero-order valence-corrected chi connectivity index (χ0v) is 14.8. The van der Waals surface area contributed by atoms with Crippen molar-refractivity contribution in [3.8, 4) is 23.1 Å². The molecule has 1 aliphatic heterocycles. The van der Waals surface area contributed by atoms with E-state index in [1.54, 1.807) is 48.7 Å². The van der Waals surface area contributed by atoms with Crippen molar-refractivity contribution in [1.82, 2.24) is 25.0 Å². The molecule has 1 amide bonds. The maximum absolute atomic E-state index is 12.6. The number of ether oxygens (including phenoxy) is 2. The summed E-state index contributed by atoms with van der Waals surface area (Å²) in [6.45, 7) is 1.01. The molecule has 0 unspecified atom stereocenters. The monoisotopic (exact) mass is 367 g/mol. The lowest BCUT2D eigenvalue weighted by Crippen LogP contribution is -2.48. The van der Waals surface area contributed by atoms with E-state index < -0.39 is 0 Å². The largest absolute Gasteiger partial charge is 0.493 e. The lowest BCUT2D eigenvalue weighted by Gasteiger charge is -2.37. The topological polar surface area (TPSA) is 103 Å². The fourth-order valence-corrected chi connectivity index (χ4v) is 2.86. The summed E-state index contributed by atoms with van der Waals surface area (Å²) in [7, 11) is 3.09. The minimum atomic E-state index is -0.0849. The molecule has 0 atom stereocenters. The molecule has 1 aliphatic rings. The molecular weight excluding hydrogens is 350 g/mol. The van der Waals surface area contributed by atoms with E-state index in [2.05, 4.69) is 20.1 Å². The molecule has 0 aliphatic carbocycles. The summed E-state index contributed by atoms with van der Waals surface area (Å²) < 4.78 is 15.8. The molecule has 0 bridgehead atoms. The second-order valence-electron chi connectivity index (χ2n) is 6.01. The van der Waals surface area contributed by atoms with Gasteiger partial charge in [0.1, 0.15) is 0 Å². The van der Waals surface area contributed by atoms with Gasteiger partial charge in [0.15, 0.2) is 11.5 Å². The number of carbonyl (C=O) groups is 1. The van der Waals surface area contributed by atoms with Crippen LogP contribution in [-0.2, 0) is 0 Å². The minimum Gasteiger partial charge on any atom is -0.493 e. The van der Waals surface area contributed by atoms with Crippen LogP contribution in [0.3, 0.4) is 0 Å². The summed E-state index contributed by atoms with van der Waals surface area (Å²) in [6, 6.07) is 6.82. The molecule has 3 heterocycles. The second kappa shape index (κ2) is 7.02. The van der Waals surface area contributed by atoms with Gasteiger partial charge in [-0.3, -0.25) is 4.79 Å². The van der Waals surface area contributed by atoms with Crippen LogP contribution in [0.1, 0.15) is 22.2 Å². The third kappa shape index (κ3) is 3.19. The predicted octanol–water partition coefficient (Wildman–Crippen LogP) is 1.78. The van der Waals surface area contributed by atoms with Crippen LogP contribution in [0, 0.1) is 0 Å². The summed E-state index contributed by atoms with van der Waals surface area (Å²) in [6.07, 6.45) is 3.23. The molecule has 4 rings (SSSR count). The summed E-state index contributed by atoms with van der Waals surface area (Å²) in [5, 5.41) is 3.91. The number of benzene rings is 1. The van der Waals surface area contributed by atoms with E-state index in [0.29, 0.717) is 47.7 Å². The van der Waals surface area contributed by atoms with Crippen LogP contribution < -0.4 is 9.47 Å². The standard InChI is InChI=1S/C18H17N5O4/c1-25-13-5-4-11(8-14(13)26-2)18(24)23-9-12(10-23)17-21-16(22-27-17)15-19-6-3-7-20-15/h3-8,12H,9-10H2,1-2H3. The van der Waals surface area contributed by atoms with Gasteiger partial charge in [-0.05, 0) is 24.3 Å². The SMILES string of the molecule is COc1ccc(C(=O)N2CC(c3nc(-c4ncccn4)no3)C2)cc1OC. The Labute approximate surface area is 155 Å². The average molecular weight is 367 g/mol. The van der Waals surface area contributed by atoms with Gasteiger partial charge >= 0.3 is 0 Å². The highest BCUT2D eigenvalue weighted by molar-refractivity contribution is 5.95. The number of hydrogen-bond acceptors (Lipinski definition) is 8.